The van der Waals surface area contributed by atoms with Crippen LogP contribution in [0.25, 0.3) is 0 Å². The molecule has 2 unspecified atom stereocenters. The zero-order chi connectivity index (χ0) is 14.8. The first-order valence-electron chi connectivity index (χ1n) is 6.85. The summed E-state index contributed by atoms with van der Waals surface area (Å²) in [4.78, 5) is 25.7. The van der Waals surface area contributed by atoms with Gasteiger partial charge in [0.15, 0.2) is 9.84 Å². The fraction of sp³-hybridized carbons (Fsp3) is 0.833. The minimum Gasteiger partial charge on any atom is -0.357 e. The van der Waals surface area contributed by atoms with Crippen LogP contribution in [-0.4, -0.2) is 69.4 Å². The van der Waals surface area contributed by atoms with E-state index in [1.54, 1.807) is 11.9 Å². The first kappa shape index (κ1) is 15.2. The molecule has 0 aromatic heterocycles. The summed E-state index contributed by atoms with van der Waals surface area (Å²) in [7, 11) is -1.42. The fourth-order valence-corrected chi connectivity index (χ4v) is 4.66. The summed E-state index contributed by atoms with van der Waals surface area (Å²) in [6.45, 7) is 1.58. The van der Waals surface area contributed by atoms with Gasteiger partial charge >= 0.3 is 0 Å². The van der Waals surface area contributed by atoms with Crippen LogP contribution in [0.15, 0.2) is 0 Å². The van der Waals surface area contributed by atoms with Gasteiger partial charge < -0.3 is 15.5 Å². The molecule has 7 nitrogen and oxygen atoms in total. The molecule has 0 spiro atoms. The van der Waals surface area contributed by atoms with E-state index in [0.29, 0.717) is 26.1 Å². The Kier molecular flexibility index (Phi) is 4.64. The molecule has 2 saturated heterocycles. The molecular formula is C12H21N3O4S. The maximum absolute atomic E-state index is 12.3. The Balaban J connectivity index is 1.98. The van der Waals surface area contributed by atoms with Gasteiger partial charge in [0, 0.05) is 33.1 Å². The van der Waals surface area contributed by atoms with Crippen LogP contribution < -0.4 is 10.6 Å². The van der Waals surface area contributed by atoms with Gasteiger partial charge in [-0.1, -0.05) is 0 Å². The predicted octanol–water partition coefficient (Wildman–Crippen LogP) is -1.64. The van der Waals surface area contributed by atoms with Crippen molar-refractivity contribution in [2.45, 2.75) is 18.9 Å². The van der Waals surface area contributed by atoms with Crippen LogP contribution >= 0.6 is 0 Å². The second kappa shape index (κ2) is 6.09. The lowest BCUT2D eigenvalue weighted by Crippen LogP contribution is -2.59. The number of hydrogen-bond donors (Lipinski definition) is 2. The molecule has 2 atom stereocenters. The first-order chi connectivity index (χ1) is 9.43. The number of nitrogens with zero attached hydrogens (tertiary/aromatic N) is 1. The van der Waals surface area contributed by atoms with Crippen LogP contribution in [0.5, 0.6) is 0 Å². The van der Waals surface area contributed by atoms with Gasteiger partial charge in [0.25, 0.3) is 0 Å². The Morgan fingerprint density at radius 1 is 1.40 bits per heavy atom. The van der Waals surface area contributed by atoms with Gasteiger partial charge in [0.2, 0.25) is 11.8 Å². The number of carbonyl (C=O) groups excluding carboxylic acids is 2. The molecule has 0 aliphatic carbocycles. The highest BCUT2D eigenvalue weighted by molar-refractivity contribution is 7.91. The maximum Gasteiger partial charge on any atom is 0.243 e. The number of rotatable bonds is 3. The molecule has 0 radical (unpaired) electrons. The summed E-state index contributed by atoms with van der Waals surface area (Å²) in [6, 6.07) is -0.501. The Bertz CT molecular complexity index is 491. The number of amides is 2. The second-order valence-electron chi connectivity index (χ2n) is 5.39. The number of carbonyl (C=O) groups is 2. The summed E-state index contributed by atoms with van der Waals surface area (Å²) < 4.78 is 22.8. The Morgan fingerprint density at radius 2 is 2.15 bits per heavy atom. The molecule has 114 valence electrons. The van der Waals surface area contributed by atoms with Crippen molar-refractivity contribution in [3.63, 3.8) is 0 Å². The summed E-state index contributed by atoms with van der Waals surface area (Å²) >= 11 is 0. The number of hydrogen-bond acceptors (Lipinski definition) is 5. The average Bonchev–Trinajstić information content (AvgIpc) is 2.77. The van der Waals surface area contributed by atoms with Crippen LogP contribution in [-0.2, 0) is 19.4 Å². The minimum absolute atomic E-state index is 0.0927. The van der Waals surface area contributed by atoms with E-state index >= 15 is 0 Å². The van der Waals surface area contributed by atoms with Gasteiger partial charge in [-0.2, -0.15) is 0 Å². The number of likely N-dealkylation sites (N-methyl/N-ethyl adjacent to an activating group) is 1. The normalized spacial score (nSPS) is 29.1. The van der Waals surface area contributed by atoms with Crippen molar-refractivity contribution in [2.24, 2.45) is 5.92 Å². The third-order valence-electron chi connectivity index (χ3n) is 3.90. The van der Waals surface area contributed by atoms with E-state index in [4.69, 9.17) is 0 Å². The van der Waals surface area contributed by atoms with E-state index < -0.39 is 15.9 Å². The smallest absolute Gasteiger partial charge is 0.243 e. The van der Waals surface area contributed by atoms with Crippen molar-refractivity contribution >= 4 is 21.7 Å². The summed E-state index contributed by atoms with van der Waals surface area (Å²) in [6.07, 6.45) is 0.761. The molecule has 2 aliphatic heterocycles. The quantitative estimate of drug-likeness (QED) is 0.652. The Labute approximate surface area is 119 Å². The lowest BCUT2D eigenvalue weighted by molar-refractivity contribution is -0.142. The van der Waals surface area contributed by atoms with E-state index in [1.807, 2.05) is 0 Å². The topological polar surface area (TPSA) is 95.6 Å². The third kappa shape index (κ3) is 3.49. The van der Waals surface area contributed by atoms with E-state index in [1.165, 1.54) is 0 Å². The molecule has 2 fully saturated rings. The molecule has 0 aromatic carbocycles. The molecule has 8 heteroatoms. The minimum atomic E-state index is -2.97. The van der Waals surface area contributed by atoms with Crippen molar-refractivity contribution < 1.29 is 18.0 Å². The summed E-state index contributed by atoms with van der Waals surface area (Å²) in [5, 5.41) is 5.65. The monoisotopic (exact) mass is 303 g/mol. The average molecular weight is 303 g/mol. The lowest BCUT2D eigenvalue weighted by Gasteiger charge is -2.35. The molecule has 2 rings (SSSR count). The zero-order valence-corrected chi connectivity index (χ0v) is 12.4. The molecule has 0 bridgehead atoms. The van der Waals surface area contributed by atoms with Gasteiger partial charge in [-0.05, 0) is 12.3 Å². The van der Waals surface area contributed by atoms with Gasteiger partial charge in [0.1, 0.15) is 6.04 Å². The number of sulfone groups is 1. The largest absolute Gasteiger partial charge is 0.357 e. The van der Waals surface area contributed by atoms with Crippen LogP contribution in [0.4, 0.5) is 0 Å². The molecule has 20 heavy (non-hydrogen) atoms. The number of piperazine rings is 1. The predicted molar refractivity (Wildman–Crippen MR) is 73.8 cm³/mol. The molecule has 2 aliphatic rings. The molecule has 2 amide bonds. The molecule has 0 aromatic rings. The molecular weight excluding hydrogens is 282 g/mol. The van der Waals surface area contributed by atoms with Crippen molar-refractivity contribution in [1.29, 1.82) is 0 Å². The molecule has 2 N–H and O–H groups in total. The standard InChI is InChI=1S/C12H21N3O4S/c1-13-12(17)10-7-14-3-4-15(10)11(16)6-9-2-5-20(18,19)8-9/h9-10,14H,2-8H2,1H3,(H,13,17). The van der Waals surface area contributed by atoms with E-state index in [0.717, 1.165) is 0 Å². The van der Waals surface area contributed by atoms with Crippen molar-refractivity contribution in [2.75, 3.05) is 38.2 Å². The Morgan fingerprint density at radius 3 is 2.75 bits per heavy atom. The van der Waals surface area contributed by atoms with Gasteiger partial charge in [-0.15, -0.1) is 0 Å². The van der Waals surface area contributed by atoms with Crippen molar-refractivity contribution in [1.82, 2.24) is 15.5 Å². The molecule has 0 saturated carbocycles. The Hall–Kier alpha value is -1.15. The number of nitrogens with one attached hydrogen (secondary N) is 2. The fourth-order valence-electron chi connectivity index (χ4n) is 2.80. The van der Waals surface area contributed by atoms with Crippen LogP contribution in [0.1, 0.15) is 12.8 Å². The SMILES string of the molecule is CNC(=O)C1CNCCN1C(=O)CC1CCS(=O)(=O)C1. The zero-order valence-electron chi connectivity index (χ0n) is 11.6. The van der Waals surface area contributed by atoms with Crippen LogP contribution in [0, 0.1) is 5.92 Å². The van der Waals surface area contributed by atoms with E-state index in [2.05, 4.69) is 10.6 Å². The van der Waals surface area contributed by atoms with Gasteiger partial charge in [-0.3, -0.25) is 9.59 Å². The van der Waals surface area contributed by atoms with Gasteiger partial charge in [0.05, 0.1) is 11.5 Å². The third-order valence-corrected chi connectivity index (χ3v) is 5.74. The highest BCUT2D eigenvalue weighted by Gasteiger charge is 2.35. The summed E-state index contributed by atoms with van der Waals surface area (Å²) in [5.41, 5.74) is 0. The second-order valence-corrected chi connectivity index (χ2v) is 7.62. The van der Waals surface area contributed by atoms with Crippen molar-refractivity contribution in [3.05, 3.63) is 0 Å². The lowest BCUT2D eigenvalue weighted by atomic mass is 10.0. The van der Waals surface area contributed by atoms with Gasteiger partial charge in [-0.25, -0.2) is 8.42 Å². The summed E-state index contributed by atoms with van der Waals surface area (Å²) in [5.74, 6) is -0.152. The molecule has 2 heterocycles. The van der Waals surface area contributed by atoms with Crippen LogP contribution in [0.3, 0.4) is 0 Å². The maximum atomic E-state index is 12.3. The van der Waals surface area contributed by atoms with Crippen LogP contribution in [0.2, 0.25) is 0 Å². The highest BCUT2D eigenvalue weighted by atomic mass is 32.2. The van der Waals surface area contributed by atoms with Crippen molar-refractivity contribution in [3.8, 4) is 0 Å². The highest BCUT2D eigenvalue weighted by Crippen LogP contribution is 2.23. The van der Waals surface area contributed by atoms with E-state index in [9.17, 15) is 18.0 Å². The first-order valence-corrected chi connectivity index (χ1v) is 8.67. The van der Waals surface area contributed by atoms with E-state index in [-0.39, 0.29) is 35.7 Å².